The molecule has 0 aromatic carbocycles. The summed E-state index contributed by atoms with van der Waals surface area (Å²) in [7, 11) is 0. The quantitative estimate of drug-likeness (QED) is 0.822. The molecule has 0 bridgehead atoms. The number of nitrogens with one attached hydrogen (secondary N) is 1. The molecule has 0 radical (unpaired) electrons. The summed E-state index contributed by atoms with van der Waals surface area (Å²) in [5.74, 6) is -0.606. The minimum atomic E-state index is -0.459. The molecule has 5 heteroatoms. The second-order valence-corrected chi connectivity index (χ2v) is 3.52. The summed E-state index contributed by atoms with van der Waals surface area (Å²) < 4.78 is 0. The Kier molecular flexibility index (Phi) is 3.00. The SMILES string of the molecule is Cc1ccncc1NC(=O)c1ncccc1O. The lowest BCUT2D eigenvalue weighted by Gasteiger charge is -2.07. The van der Waals surface area contributed by atoms with E-state index < -0.39 is 5.91 Å². The van der Waals surface area contributed by atoms with E-state index in [1.54, 1.807) is 24.5 Å². The molecule has 0 saturated carbocycles. The van der Waals surface area contributed by atoms with Crippen LogP contribution in [-0.2, 0) is 0 Å². The minimum Gasteiger partial charge on any atom is -0.505 e. The predicted octanol–water partition coefficient (Wildman–Crippen LogP) is 1.74. The zero-order chi connectivity index (χ0) is 12.3. The number of aromatic hydroxyl groups is 1. The molecule has 2 aromatic heterocycles. The first-order valence-electron chi connectivity index (χ1n) is 5.04. The maximum Gasteiger partial charge on any atom is 0.278 e. The fourth-order valence-electron chi connectivity index (χ4n) is 1.35. The Hall–Kier alpha value is -2.43. The molecule has 0 unspecified atom stereocenters. The summed E-state index contributed by atoms with van der Waals surface area (Å²) in [5, 5.41) is 12.1. The molecule has 0 fully saturated rings. The van der Waals surface area contributed by atoms with Gasteiger partial charge in [0, 0.05) is 12.4 Å². The Morgan fingerprint density at radius 3 is 2.88 bits per heavy atom. The number of anilines is 1. The van der Waals surface area contributed by atoms with Crippen molar-refractivity contribution in [3.05, 3.63) is 48.0 Å². The fourth-order valence-corrected chi connectivity index (χ4v) is 1.35. The molecule has 2 rings (SSSR count). The van der Waals surface area contributed by atoms with Crippen LogP contribution in [0.5, 0.6) is 5.75 Å². The second-order valence-electron chi connectivity index (χ2n) is 3.52. The summed E-state index contributed by atoms with van der Waals surface area (Å²) >= 11 is 0. The third-order valence-corrected chi connectivity index (χ3v) is 2.29. The highest BCUT2D eigenvalue weighted by atomic mass is 16.3. The standard InChI is InChI=1S/C12H11N3O2/c1-8-4-6-13-7-9(8)15-12(17)11-10(16)3-2-5-14-11/h2-7,16H,1H3,(H,15,17). The first-order valence-corrected chi connectivity index (χ1v) is 5.04. The van der Waals surface area contributed by atoms with Gasteiger partial charge in [-0.3, -0.25) is 9.78 Å². The van der Waals surface area contributed by atoms with Crippen LogP contribution in [0.25, 0.3) is 0 Å². The van der Waals surface area contributed by atoms with E-state index in [1.165, 1.54) is 12.3 Å². The van der Waals surface area contributed by atoms with Gasteiger partial charge in [0.05, 0.1) is 11.9 Å². The fraction of sp³-hybridized carbons (Fsp3) is 0.0833. The maximum atomic E-state index is 11.8. The molecule has 1 amide bonds. The number of aromatic nitrogens is 2. The Morgan fingerprint density at radius 1 is 1.35 bits per heavy atom. The minimum absolute atomic E-state index is 0.00393. The van der Waals surface area contributed by atoms with Crippen LogP contribution in [-0.4, -0.2) is 21.0 Å². The smallest absolute Gasteiger partial charge is 0.278 e. The maximum absolute atomic E-state index is 11.8. The highest BCUT2D eigenvalue weighted by Crippen LogP contribution is 2.16. The van der Waals surface area contributed by atoms with Crippen molar-refractivity contribution in [2.75, 3.05) is 5.32 Å². The van der Waals surface area contributed by atoms with Gasteiger partial charge in [-0.05, 0) is 30.7 Å². The van der Waals surface area contributed by atoms with E-state index in [1.807, 2.05) is 6.92 Å². The summed E-state index contributed by atoms with van der Waals surface area (Å²) in [4.78, 5) is 19.6. The van der Waals surface area contributed by atoms with E-state index in [0.29, 0.717) is 5.69 Å². The molecule has 0 aliphatic carbocycles. The van der Waals surface area contributed by atoms with Gasteiger partial charge in [0.2, 0.25) is 0 Å². The molecule has 0 saturated heterocycles. The summed E-state index contributed by atoms with van der Waals surface area (Å²) in [5.41, 5.74) is 1.49. The van der Waals surface area contributed by atoms with Gasteiger partial charge in [-0.15, -0.1) is 0 Å². The highest BCUT2D eigenvalue weighted by Gasteiger charge is 2.12. The van der Waals surface area contributed by atoms with Crippen molar-refractivity contribution in [2.24, 2.45) is 0 Å². The Bertz CT molecular complexity index is 555. The Morgan fingerprint density at radius 2 is 2.18 bits per heavy atom. The molecule has 0 aliphatic heterocycles. The Balaban J connectivity index is 2.24. The first-order chi connectivity index (χ1) is 8.18. The number of aryl methyl sites for hydroxylation is 1. The van der Waals surface area contributed by atoms with Crippen molar-refractivity contribution < 1.29 is 9.90 Å². The van der Waals surface area contributed by atoms with Crippen molar-refractivity contribution in [3.63, 3.8) is 0 Å². The van der Waals surface area contributed by atoms with Gasteiger partial charge in [-0.2, -0.15) is 0 Å². The third kappa shape index (κ3) is 2.39. The number of hydrogen-bond donors (Lipinski definition) is 2. The van der Waals surface area contributed by atoms with E-state index in [0.717, 1.165) is 5.56 Å². The lowest BCUT2D eigenvalue weighted by Crippen LogP contribution is -2.14. The highest BCUT2D eigenvalue weighted by molar-refractivity contribution is 6.04. The van der Waals surface area contributed by atoms with Gasteiger partial charge in [0.25, 0.3) is 5.91 Å². The summed E-state index contributed by atoms with van der Waals surface area (Å²) in [6, 6.07) is 4.76. The zero-order valence-corrected chi connectivity index (χ0v) is 9.21. The van der Waals surface area contributed by atoms with Gasteiger partial charge >= 0.3 is 0 Å². The molecule has 2 aromatic rings. The van der Waals surface area contributed by atoms with E-state index in [4.69, 9.17) is 0 Å². The van der Waals surface area contributed by atoms with E-state index in [-0.39, 0.29) is 11.4 Å². The van der Waals surface area contributed by atoms with Crippen LogP contribution in [0.1, 0.15) is 16.1 Å². The molecule has 0 atom stereocenters. The average molecular weight is 229 g/mol. The van der Waals surface area contributed by atoms with Crippen molar-refractivity contribution >= 4 is 11.6 Å². The van der Waals surface area contributed by atoms with Crippen LogP contribution in [0, 0.1) is 6.92 Å². The van der Waals surface area contributed by atoms with Crippen molar-refractivity contribution in [1.29, 1.82) is 0 Å². The van der Waals surface area contributed by atoms with Crippen LogP contribution in [0.4, 0.5) is 5.69 Å². The second kappa shape index (κ2) is 4.61. The molecule has 2 heterocycles. The van der Waals surface area contributed by atoms with Crippen LogP contribution in [0.3, 0.4) is 0 Å². The number of pyridine rings is 2. The molecule has 17 heavy (non-hydrogen) atoms. The summed E-state index contributed by atoms with van der Waals surface area (Å²) in [6.45, 7) is 1.86. The van der Waals surface area contributed by atoms with Crippen molar-refractivity contribution in [3.8, 4) is 5.75 Å². The van der Waals surface area contributed by atoms with Gasteiger partial charge < -0.3 is 10.4 Å². The van der Waals surface area contributed by atoms with Gasteiger partial charge in [-0.1, -0.05) is 0 Å². The predicted molar refractivity (Wildman–Crippen MR) is 62.8 cm³/mol. The zero-order valence-electron chi connectivity index (χ0n) is 9.21. The normalized spacial score (nSPS) is 9.94. The largest absolute Gasteiger partial charge is 0.505 e. The van der Waals surface area contributed by atoms with Crippen molar-refractivity contribution in [1.82, 2.24) is 9.97 Å². The first kappa shape index (κ1) is 11.1. The van der Waals surface area contributed by atoms with E-state index in [2.05, 4.69) is 15.3 Å². The Labute approximate surface area is 98.2 Å². The number of rotatable bonds is 2. The van der Waals surface area contributed by atoms with Gasteiger partial charge in [-0.25, -0.2) is 4.98 Å². The van der Waals surface area contributed by atoms with E-state index in [9.17, 15) is 9.90 Å². The molecular weight excluding hydrogens is 218 g/mol. The number of hydrogen-bond acceptors (Lipinski definition) is 4. The molecule has 5 nitrogen and oxygen atoms in total. The third-order valence-electron chi connectivity index (χ3n) is 2.29. The molecule has 86 valence electrons. The lowest BCUT2D eigenvalue weighted by atomic mass is 10.2. The monoisotopic (exact) mass is 229 g/mol. The van der Waals surface area contributed by atoms with Gasteiger partial charge in [0.1, 0.15) is 5.75 Å². The van der Waals surface area contributed by atoms with Gasteiger partial charge in [0.15, 0.2) is 5.69 Å². The average Bonchev–Trinajstić information content (AvgIpc) is 2.32. The van der Waals surface area contributed by atoms with E-state index >= 15 is 0 Å². The molecule has 0 aliphatic rings. The van der Waals surface area contributed by atoms with Crippen LogP contribution in [0.15, 0.2) is 36.8 Å². The number of carbonyl (C=O) groups is 1. The van der Waals surface area contributed by atoms with Crippen LogP contribution < -0.4 is 5.32 Å². The topological polar surface area (TPSA) is 75.1 Å². The molecular formula is C12H11N3O2. The molecule has 2 N–H and O–H groups in total. The number of carbonyl (C=O) groups excluding carboxylic acids is 1. The van der Waals surface area contributed by atoms with Crippen molar-refractivity contribution in [2.45, 2.75) is 6.92 Å². The van der Waals surface area contributed by atoms with Crippen LogP contribution in [0.2, 0.25) is 0 Å². The van der Waals surface area contributed by atoms with Crippen LogP contribution >= 0.6 is 0 Å². The number of amides is 1. The number of nitrogens with zero attached hydrogens (tertiary/aromatic N) is 2. The summed E-state index contributed by atoms with van der Waals surface area (Å²) in [6.07, 6.45) is 4.64. The lowest BCUT2D eigenvalue weighted by molar-refractivity contribution is 0.101. The molecule has 0 spiro atoms.